The molecule has 0 bridgehead atoms. The van der Waals surface area contributed by atoms with Crippen LogP contribution in [0.1, 0.15) is 23.1 Å². The second kappa shape index (κ2) is 5.08. The Hall–Kier alpha value is -2.76. The third-order valence-corrected chi connectivity index (χ3v) is 2.97. The van der Waals surface area contributed by atoms with Crippen molar-refractivity contribution in [2.75, 3.05) is 5.32 Å². The Balaban J connectivity index is 1.89. The van der Waals surface area contributed by atoms with Gasteiger partial charge in [0.05, 0.1) is 0 Å². The second-order valence-electron chi connectivity index (χ2n) is 4.26. The smallest absolute Gasteiger partial charge is 0.295 e. The van der Waals surface area contributed by atoms with E-state index in [2.05, 4.69) is 20.4 Å². The number of nitrogens with zero attached hydrogens (tertiary/aromatic N) is 4. The highest BCUT2D eigenvalue weighted by Gasteiger charge is 2.14. The van der Waals surface area contributed by atoms with Crippen LogP contribution in [0.25, 0.3) is 5.78 Å². The zero-order valence-electron chi connectivity index (χ0n) is 10.9. The molecule has 0 aliphatic heterocycles. The van der Waals surface area contributed by atoms with Crippen molar-refractivity contribution in [2.24, 2.45) is 0 Å². The molecule has 0 spiro atoms. The first kappa shape index (κ1) is 12.3. The van der Waals surface area contributed by atoms with Crippen molar-refractivity contribution in [3.63, 3.8) is 0 Å². The van der Waals surface area contributed by atoms with Crippen LogP contribution in [0.2, 0.25) is 0 Å². The molecule has 0 saturated carbocycles. The predicted octanol–water partition coefficient (Wildman–Crippen LogP) is 1.94. The lowest BCUT2D eigenvalue weighted by molar-refractivity contribution is 0.101. The molecule has 1 N–H and O–H groups in total. The fraction of sp³-hybridized carbons (Fsp3) is 0.143. The van der Waals surface area contributed by atoms with Gasteiger partial charge in [-0.1, -0.05) is 25.1 Å². The summed E-state index contributed by atoms with van der Waals surface area (Å²) in [5.41, 5.74) is 1.86. The van der Waals surface area contributed by atoms with E-state index in [0.717, 1.165) is 17.7 Å². The Kier molecular flexibility index (Phi) is 3.12. The van der Waals surface area contributed by atoms with Crippen molar-refractivity contribution in [3.05, 3.63) is 54.1 Å². The van der Waals surface area contributed by atoms with E-state index in [1.165, 1.54) is 4.52 Å². The Morgan fingerprint density at radius 2 is 2.15 bits per heavy atom. The molecule has 2 heterocycles. The molecule has 3 rings (SSSR count). The first-order chi connectivity index (χ1) is 9.78. The summed E-state index contributed by atoms with van der Waals surface area (Å²) < 4.78 is 1.47. The summed E-state index contributed by atoms with van der Waals surface area (Å²) in [4.78, 5) is 20.3. The van der Waals surface area contributed by atoms with Crippen molar-refractivity contribution in [1.29, 1.82) is 0 Å². The lowest BCUT2D eigenvalue weighted by Crippen LogP contribution is -2.15. The van der Waals surface area contributed by atoms with Gasteiger partial charge in [-0.25, -0.2) is 9.50 Å². The van der Waals surface area contributed by atoms with Crippen LogP contribution in [0, 0.1) is 0 Å². The highest BCUT2D eigenvalue weighted by molar-refractivity contribution is 6.02. The van der Waals surface area contributed by atoms with Gasteiger partial charge in [0.1, 0.15) is 0 Å². The lowest BCUT2D eigenvalue weighted by Gasteiger charge is -2.07. The predicted molar refractivity (Wildman–Crippen MR) is 74.6 cm³/mol. The summed E-state index contributed by atoms with van der Waals surface area (Å²) >= 11 is 0. The Labute approximate surface area is 115 Å². The van der Waals surface area contributed by atoms with E-state index in [-0.39, 0.29) is 11.7 Å². The van der Waals surface area contributed by atoms with Crippen LogP contribution in [-0.4, -0.2) is 25.5 Å². The van der Waals surface area contributed by atoms with Crippen molar-refractivity contribution < 1.29 is 4.79 Å². The quantitative estimate of drug-likeness (QED) is 0.787. The molecule has 0 saturated heterocycles. The van der Waals surface area contributed by atoms with Crippen LogP contribution in [0.3, 0.4) is 0 Å². The number of fused-ring (bicyclic) bond motifs is 1. The van der Waals surface area contributed by atoms with E-state index in [1.807, 2.05) is 31.2 Å². The topological polar surface area (TPSA) is 72.2 Å². The third kappa shape index (κ3) is 2.23. The molecule has 3 aromatic rings. The molecule has 0 radical (unpaired) electrons. The highest BCUT2D eigenvalue weighted by atomic mass is 16.2. The standard InChI is InChI=1S/C14H13N5O/c1-2-10-6-3-4-7-11(10)16-13(20)12-17-14-15-8-5-9-19(14)18-12/h3-9H,2H2,1H3,(H,16,20). The molecule has 6 heteroatoms. The van der Waals surface area contributed by atoms with Crippen molar-refractivity contribution >= 4 is 17.4 Å². The number of carbonyl (C=O) groups is 1. The molecule has 20 heavy (non-hydrogen) atoms. The number of rotatable bonds is 3. The summed E-state index contributed by atoms with van der Waals surface area (Å²) in [5, 5.41) is 6.93. The number of aromatic nitrogens is 4. The fourth-order valence-electron chi connectivity index (χ4n) is 1.96. The molecular formula is C14H13N5O. The zero-order chi connectivity index (χ0) is 13.9. The van der Waals surface area contributed by atoms with Crippen LogP contribution in [0.5, 0.6) is 0 Å². The highest BCUT2D eigenvalue weighted by Crippen LogP contribution is 2.16. The van der Waals surface area contributed by atoms with Crippen LogP contribution in [-0.2, 0) is 6.42 Å². The number of amides is 1. The van der Waals surface area contributed by atoms with Gasteiger partial charge < -0.3 is 5.32 Å². The van der Waals surface area contributed by atoms with Crippen LogP contribution >= 0.6 is 0 Å². The monoisotopic (exact) mass is 267 g/mol. The summed E-state index contributed by atoms with van der Waals surface area (Å²) in [6.45, 7) is 2.04. The average Bonchev–Trinajstić information content (AvgIpc) is 2.92. The summed E-state index contributed by atoms with van der Waals surface area (Å²) in [5.74, 6) is 0.174. The minimum atomic E-state index is -0.337. The number of hydrogen-bond donors (Lipinski definition) is 1. The van der Waals surface area contributed by atoms with E-state index in [4.69, 9.17) is 0 Å². The molecule has 6 nitrogen and oxygen atoms in total. The first-order valence-corrected chi connectivity index (χ1v) is 6.34. The number of anilines is 1. The van der Waals surface area contributed by atoms with Gasteiger partial charge in [-0.15, -0.1) is 5.10 Å². The third-order valence-electron chi connectivity index (χ3n) is 2.97. The van der Waals surface area contributed by atoms with Gasteiger partial charge in [0.2, 0.25) is 5.82 Å². The number of nitrogens with one attached hydrogen (secondary N) is 1. The average molecular weight is 267 g/mol. The van der Waals surface area contributed by atoms with E-state index in [0.29, 0.717) is 5.78 Å². The van der Waals surface area contributed by atoms with Gasteiger partial charge in [0, 0.05) is 18.1 Å². The molecule has 0 unspecified atom stereocenters. The molecule has 100 valence electrons. The molecule has 0 atom stereocenters. The number of carbonyl (C=O) groups excluding carboxylic acids is 1. The maximum absolute atomic E-state index is 12.2. The Bertz CT molecular complexity index is 732. The van der Waals surface area contributed by atoms with Gasteiger partial charge in [-0.3, -0.25) is 4.79 Å². The van der Waals surface area contributed by atoms with Crippen LogP contribution in [0.15, 0.2) is 42.7 Å². The van der Waals surface area contributed by atoms with Crippen LogP contribution < -0.4 is 5.32 Å². The van der Waals surface area contributed by atoms with E-state index in [1.54, 1.807) is 18.5 Å². The van der Waals surface area contributed by atoms with Gasteiger partial charge in [0.25, 0.3) is 11.7 Å². The second-order valence-corrected chi connectivity index (χ2v) is 4.26. The molecule has 0 aliphatic carbocycles. The molecule has 1 amide bonds. The van der Waals surface area contributed by atoms with E-state index < -0.39 is 0 Å². The lowest BCUT2D eigenvalue weighted by atomic mass is 10.1. The minimum Gasteiger partial charge on any atom is -0.319 e. The summed E-state index contributed by atoms with van der Waals surface area (Å²) in [6.07, 6.45) is 4.15. The summed E-state index contributed by atoms with van der Waals surface area (Å²) in [6, 6.07) is 9.41. The number of benzene rings is 1. The number of aryl methyl sites for hydroxylation is 1. The van der Waals surface area contributed by atoms with Gasteiger partial charge in [0.15, 0.2) is 0 Å². The molecule has 0 aliphatic rings. The Morgan fingerprint density at radius 1 is 1.30 bits per heavy atom. The molecule has 2 aromatic heterocycles. The number of para-hydroxylation sites is 1. The molecule has 1 aromatic carbocycles. The van der Waals surface area contributed by atoms with Crippen molar-refractivity contribution in [3.8, 4) is 0 Å². The van der Waals surface area contributed by atoms with Crippen molar-refractivity contribution in [1.82, 2.24) is 19.6 Å². The fourth-order valence-corrected chi connectivity index (χ4v) is 1.96. The van der Waals surface area contributed by atoms with Gasteiger partial charge in [-0.2, -0.15) is 4.98 Å². The van der Waals surface area contributed by atoms with Gasteiger partial charge in [-0.05, 0) is 24.1 Å². The van der Waals surface area contributed by atoms with E-state index >= 15 is 0 Å². The normalized spacial score (nSPS) is 10.7. The van der Waals surface area contributed by atoms with Crippen LogP contribution in [0.4, 0.5) is 5.69 Å². The first-order valence-electron chi connectivity index (χ1n) is 6.34. The maximum Gasteiger partial charge on any atom is 0.295 e. The maximum atomic E-state index is 12.2. The van der Waals surface area contributed by atoms with E-state index in [9.17, 15) is 4.79 Å². The Morgan fingerprint density at radius 3 is 2.95 bits per heavy atom. The van der Waals surface area contributed by atoms with Crippen molar-refractivity contribution in [2.45, 2.75) is 13.3 Å². The zero-order valence-corrected chi connectivity index (χ0v) is 10.9. The summed E-state index contributed by atoms with van der Waals surface area (Å²) in [7, 11) is 0. The largest absolute Gasteiger partial charge is 0.319 e. The van der Waals surface area contributed by atoms with Gasteiger partial charge >= 0.3 is 0 Å². The SMILES string of the molecule is CCc1ccccc1NC(=O)c1nc2ncccn2n1. The number of hydrogen-bond acceptors (Lipinski definition) is 4. The molecule has 0 fully saturated rings. The molecular weight excluding hydrogens is 254 g/mol. The minimum absolute atomic E-state index is 0.106.